The lowest BCUT2D eigenvalue weighted by Crippen LogP contribution is -2.52. The minimum absolute atomic E-state index is 0.0766. The Morgan fingerprint density at radius 1 is 1.50 bits per heavy atom. The van der Waals surface area contributed by atoms with E-state index < -0.39 is 5.54 Å². The van der Waals surface area contributed by atoms with Crippen LogP contribution in [-0.2, 0) is 0 Å². The Morgan fingerprint density at radius 3 is 2.65 bits per heavy atom. The van der Waals surface area contributed by atoms with Crippen molar-refractivity contribution in [2.45, 2.75) is 32.7 Å². The summed E-state index contributed by atoms with van der Waals surface area (Å²) in [6.07, 6.45) is 0.764. The Bertz CT molecular complexity index is 474. The van der Waals surface area contributed by atoms with E-state index in [0.717, 1.165) is 6.42 Å². The van der Waals surface area contributed by atoms with Crippen LogP contribution in [0.3, 0.4) is 0 Å². The maximum absolute atomic E-state index is 12.3. The van der Waals surface area contributed by atoms with Crippen molar-refractivity contribution < 1.29 is 14.6 Å². The molecule has 0 aliphatic heterocycles. The number of nitrogens with two attached hydrogens (primary N) is 1. The summed E-state index contributed by atoms with van der Waals surface area (Å²) in [6.45, 7) is 6.38. The van der Waals surface area contributed by atoms with Crippen molar-refractivity contribution in [1.29, 1.82) is 0 Å². The van der Waals surface area contributed by atoms with E-state index in [1.165, 1.54) is 19.2 Å². The van der Waals surface area contributed by atoms with Crippen molar-refractivity contribution in [3.05, 3.63) is 23.8 Å². The molecular weight excluding hydrogens is 256 g/mol. The average molecular weight is 280 g/mol. The number of phenolic OH excluding ortho intramolecular Hbond substituents is 1. The van der Waals surface area contributed by atoms with Gasteiger partial charge in [0.25, 0.3) is 5.91 Å². The predicted molar refractivity (Wildman–Crippen MR) is 79.0 cm³/mol. The third-order valence-electron chi connectivity index (χ3n) is 3.17. The molecule has 0 spiro atoms. The molecule has 5 nitrogen and oxygen atoms in total. The first-order chi connectivity index (χ1) is 9.31. The Labute approximate surface area is 120 Å². The molecule has 0 fully saturated rings. The first-order valence-corrected chi connectivity index (χ1v) is 6.71. The van der Waals surface area contributed by atoms with Crippen molar-refractivity contribution in [1.82, 2.24) is 5.32 Å². The second-order valence-corrected chi connectivity index (χ2v) is 5.70. The van der Waals surface area contributed by atoms with E-state index in [1.54, 1.807) is 6.07 Å². The fourth-order valence-electron chi connectivity index (χ4n) is 2.25. The van der Waals surface area contributed by atoms with Gasteiger partial charge in [-0.05, 0) is 37.5 Å². The fraction of sp³-hybridized carbons (Fsp3) is 0.533. The fourth-order valence-corrected chi connectivity index (χ4v) is 2.25. The topological polar surface area (TPSA) is 84.6 Å². The van der Waals surface area contributed by atoms with Gasteiger partial charge in [-0.25, -0.2) is 0 Å². The minimum Gasteiger partial charge on any atom is -0.507 e. The summed E-state index contributed by atoms with van der Waals surface area (Å²) in [5.41, 5.74) is 5.46. The molecule has 1 aromatic carbocycles. The highest BCUT2D eigenvalue weighted by Gasteiger charge is 2.27. The third-order valence-corrected chi connectivity index (χ3v) is 3.17. The maximum Gasteiger partial charge on any atom is 0.255 e. The summed E-state index contributed by atoms with van der Waals surface area (Å²) in [5.74, 6) is 0.497. The van der Waals surface area contributed by atoms with Gasteiger partial charge in [0.05, 0.1) is 12.7 Å². The Balaban J connectivity index is 2.94. The summed E-state index contributed by atoms with van der Waals surface area (Å²) >= 11 is 0. The molecule has 1 rings (SSSR count). The van der Waals surface area contributed by atoms with E-state index in [2.05, 4.69) is 19.2 Å². The van der Waals surface area contributed by atoms with Gasteiger partial charge in [0.2, 0.25) is 0 Å². The van der Waals surface area contributed by atoms with Gasteiger partial charge in [0, 0.05) is 12.1 Å². The normalized spacial score (nSPS) is 13.9. The molecule has 1 amide bonds. The first-order valence-electron chi connectivity index (χ1n) is 6.71. The SMILES string of the molecule is COc1ccc(O)c(C(=O)NC(C)(CN)CC(C)C)c1. The van der Waals surface area contributed by atoms with Gasteiger partial charge in [0.1, 0.15) is 11.5 Å². The van der Waals surface area contributed by atoms with Crippen LogP contribution >= 0.6 is 0 Å². The smallest absolute Gasteiger partial charge is 0.255 e. The Hall–Kier alpha value is -1.75. The summed E-state index contributed by atoms with van der Waals surface area (Å²) in [4.78, 5) is 12.3. The number of aromatic hydroxyl groups is 1. The molecule has 0 radical (unpaired) electrons. The monoisotopic (exact) mass is 280 g/mol. The molecule has 0 bridgehead atoms. The molecule has 0 aliphatic rings. The lowest BCUT2D eigenvalue weighted by atomic mass is 9.90. The number of hydrogen-bond acceptors (Lipinski definition) is 4. The quantitative estimate of drug-likeness (QED) is 0.743. The molecule has 1 aromatic rings. The highest BCUT2D eigenvalue weighted by molar-refractivity contribution is 5.97. The zero-order valence-corrected chi connectivity index (χ0v) is 12.6. The molecule has 0 saturated heterocycles. The largest absolute Gasteiger partial charge is 0.507 e. The van der Waals surface area contributed by atoms with Crippen molar-refractivity contribution in [3.8, 4) is 11.5 Å². The number of benzene rings is 1. The van der Waals surface area contributed by atoms with Crippen molar-refractivity contribution in [2.24, 2.45) is 11.7 Å². The van der Waals surface area contributed by atoms with Gasteiger partial charge in [-0.2, -0.15) is 0 Å². The van der Waals surface area contributed by atoms with Crippen LogP contribution < -0.4 is 15.8 Å². The van der Waals surface area contributed by atoms with E-state index in [9.17, 15) is 9.90 Å². The van der Waals surface area contributed by atoms with Gasteiger partial charge in [-0.15, -0.1) is 0 Å². The van der Waals surface area contributed by atoms with Crippen molar-refractivity contribution >= 4 is 5.91 Å². The molecule has 0 aliphatic carbocycles. The van der Waals surface area contributed by atoms with Crippen molar-refractivity contribution in [3.63, 3.8) is 0 Å². The van der Waals surface area contributed by atoms with Gasteiger partial charge in [-0.1, -0.05) is 13.8 Å². The van der Waals surface area contributed by atoms with Crippen LogP contribution in [0.1, 0.15) is 37.6 Å². The summed E-state index contributed by atoms with van der Waals surface area (Å²) in [5, 5.41) is 12.7. The Morgan fingerprint density at radius 2 is 2.15 bits per heavy atom. The van der Waals surface area contributed by atoms with Gasteiger partial charge < -0.3 is 20.9 Å². The summed E-state index contributed by atoms with van der Waals surface area (Å²) in [7, 11) is 1.51. The van der Waals surface area contributed by atoms with E-state index in [-0.39, 0.29) is 17.2 Å². The number of amides is 1. The highest BCUT2D eigenvalue weighted by Crippen LogP contribution is 2.24. The molecule has 4 N–H and O–H groups in total. The number of nitrogens with one attached hydrogen (secondary N) is 1. The number of rotatable bonds is 6. The molecule has 20 heavy (non-hydrogen) atoms. The highest BCUT2D eigenvalue weighted by atomic mass is 16.5. The number of hydrogen-bond donors (Lipinski definition) is 3. The average Bonchev–Trinajstić information content (AvgIpc) is 2.38. The number of methoxy groups -OCH3 is 1. The van der Waals surface area contributed by atoms with Gasteiger partial charge >= 0.3 is 0 Å². The van der Waals surface area contributed by atoms with Crippen LogP contribution in [0, 0.1) is 5.92 Å². The number of phenols is 1. The zero-order chi connectivity index (χ0) is 15.3. The van der Waals surface area contributed by atoms with E-state index in [0.29, 0.717) is 18.2 Å². The van der Waals surface area contributed by atoms with E-state index in [1.807, 2.05) is 6.92 Å². The van der Waals surface area contributed by atoms with Crippen LogP contribution in [-0.4, -0.2) is 30.2 Å². The third kappa shape index (κ3) is 4.13. The Kier molecular flexibility index (Phi) is 5.39. The lowest BCUT2D eigenvalue weighted by Gasteiger charge is -2.31. The molecule has 5 heteroatoms. The molecule has 112 valence electrons. The standard InChI is InChI=1S/C15H24N2O3/c1-10(2)8-15(3,9-16)17-14(19)12-7-11(20-4)5-6-13(12)18/h5-7,10,18H,8-9,16H2,1-4H3,(H,17,19). The van der Waals surface area contributed by atoms with Crippen LogP contribution in [0.25, 0.3) is 0 Å². The molecule has 0 heterocycles. The van der Waals surface area contributed by atoms with Crippen LogP contribution in [0.2, 0.25) is 0 Å². The minimum atomic E-state index is -0.499. The first kappa shape index (κ1) is 16.3. The molecule has 1 atom stereocenters. The number of carbonyl (C=O) groups is 1. The summed E-state index contributed by atoms with van der Waals surface area (Å²) in [6, 6.07) is 4.55. The zero-order valence-electron chi connectivity index (χ0n) is 12.6. The van der Waals surface area contributed by atoms with Crippen LogP contribution in [0.15, 0.2) is 18.2 Å². The van der Waals surface area contributed by atoms with Gasteiger partial charge in [-0.3, -0.25) is 4.79 Å². The molecule has 0 aromatic heterocycles. The number of carbonyl (C=O) groups excluding carboxylic acids is 1. The van der Waals surface area contributed by atoms with E-state index >= 15 is 0 Å². The maximum atomic E-state index is 12.3. The predicted octanol–water partition coefficient (Wildman–Crippen LogP) is 1.89. The van der Waals surface area contributed by atoms with Crippen LogP contribution in [0.5, 0.6) is 11.5 Å². The molecule has 1 unspecified atom stereocenters. The van der Waals surface area contributed by atoms with Crippen LogP contribution in [0.4, 0.5) is 0 Å². The van der Waals surface area contributed by atoms with Gasteiger partial charge in [0.15, 0.2) is 0 Å². The van der Waals surface area contributed by atoms with E-state index in [4.69, 9.17) is 10.5 Å². The second kappa shape index (κ2) is 6.61. The molecular formula is C15H24N2O3. The lowest BCUT2D eigenvalue weighted by molar-refractivity contribution is 0.0895. The summed E-state index contributed by atoms with van der Waals surface area (Å²) < 4.78 is 5.07. The number of ether oxygens (including phenoxy) is 1. The molecule has 0 saturated carbocycles. The second-order valence-electron chi connectivity index (χ2n) is 5.70. The van der Waals surface area contributed by atoms with Crippen molar-refractivity contribution in [2.75, 3.05) is 13.7 Å².